The number of pyridine rings is 2. The summed E-state index contributed by atoms with van der Waals surface area (Å²) < 4.78 is 38.9. The van der Waals surface area contributed by atoms with Gasteiger partial charge in [-0.3, -0.25) is 14.8 Å². The average Bonchev–Trinajstić information content (AvgIpc) is 3.29. The summed E-state index contributed by atoms with van der Waals surface area (Å²) >= 11 is 0. The highest BCUT2D eigenvalue weighted by Crippen LogP contribution is 2.33. The molecule has 1 aliphatic rings. The van der Waals surface area contributed by atoms with Crippen molar-refractivity contribution < 1.29 is 18.0 Å². The van der Waals surface area contributed by atoms with Gasteiger partial charge in [-0.15, -0.1) is 0 Å². The first-order chi connectivity index (χ1) is 18.7. The number of anilines is 1. The number of carbonyl (C=O) groups excluding carboxylic acids is 1. The third kappa shape index (κ3) is 7.63. The molecule has 0 spiro atoms. The zero-order valence-electron chi connectivity index (χ0n) is 21.6. The minimum atomic E-state index is -4.27. The van der Waals surface area contributed by atoms with E-state index in [1.165, 1.54) is 6.07 Å². The maximum absolute atomic E-state index is 13.0. The molecule has 3 N–H and O–H groups in total. The van der Waals surface area contributed by atoms with Crippen molar-refractivity contribution in [2.24, 2.45) is 0 Å². The molecule has 3 aromatic heterocycles. The summed E-state index contributed by atoms with van der Waals surface area (Å²) in [5.41, 5.74) is 3.72. The topological polar surface area (TPSA) is 98.8 Å². The number of alkyl halides is 3. The van der Waals surface area contributed by atoms with Crippen molar-refractivity contribution >= 4 is 23.3 Å². The molecule has 202 valence electrons. The maximum atomic E-state index is 13.0. The van der Waals surface area contributed by atoms with Crippen LogP contribution in [0.15, 0.2) is 48.8 Å². The van der Waals surface area contributed by atoms with Crippen molar-refractivity contribution in [1.82, 2.24) is 30.4 Å². The van der Waals surface area contributed by atoms with Crippen LogP contribution in [0.2, 0.25) is 0 Å². The van der Waals surface area contributed by atoms with Crippen molar-refractivity contribution in [3.05, 3.63) is 82.3 Å². The van der Waals surface area contributed by atoms with Crippen LogP contribution in [0.3, 0.4) is 0 Å². The van der Waals surface area contributed by atoms with E-state index >= 15 is 0 Å². The molecule has 4 heterocycles. The summed E-state index contributed by atoms with van der Waals surface area (Å²) in [7, 11) is 0. The van der Waals surface area contributed by atoms with E-state index in [9.17, 15) is 18.0 Å². The minimum absolute atomic E-state index is 0.370. The summed E-state index contributed by atoms with van der Waals surface area (Å²) in [5, 5.41) is 13.6. The van der Waals surface area contributed by atoms with Crippen LogP contribution in [0.25, 0.3) is 11.0 Å². The number of nitrogens with zero attached hydrogens (tertiary/aromatic N) is 4. The van der Waals surface area contributed by atoms with E-state index in [-0.39, 0.29) is 0 Å². The third-order valence-electron chi connectivity index (χ3n) is 6.09. The quantitative estimate of drug-likeness (QED) is 0.270. The number of amides is 1. The van der Waals surface area contributed by atoms with Crippen LogP contribution in [-0.2, 0) is 17.5 Å². The van der Waals surface area contributed by atoms with Crippen LogP contribution in [0.1, 0.15) is 33.5 Å². The lowest BCUT2D eigenvalue weighted by Gasteiger charge is -2.28. The van der Waals surface area contributed by atoms with Crippen molar-refractivity contribution in [2.75, 3.05) is 31.5 Å². The molecule has 4 aromatic rings. The molecule has 0 bridgehead atoms. The number of fused-ring (bicyclic) bond motifs is 1. The van der Waals surface area contributed by atoms with Gasteiger partial charge in [-0.25, -0.2) is 9.97 Å². The highest BCUT2D eigenvalue weighted by Gasteiger charge is 2.33. The normalized spacial score (nSPS) is 13.7. The number of aryl methyl sites for hydroxylation is 2. The van der Waals surface area contributed by atoms with Crippen LogP contribution in [0, 0.1) is 25.7 Å². The van der Waals surface area contributed by atoms with Gasteiger partial charge < -0.3 is 10.6 Å². The van der Waals surface area contributed by atoms with Crippen LogP contribution in [0.5, 0.6) is 0 Å². The Labute approximate surface area is 224 Å². The molecule has 1 amide bonds. The number of nitrogens with one attached hydrogen (secondary N) is 3. The molecule has 1 aliphatic heterocycles. The number of hydrogen-bond acceptors (Lipinski definition) is 6. The third-order valence-corrected chi connectivity index (χ3v) is 6.09. The lowest BCUT2D eigenvalue weighted by Crippen LogP contribution is -2.43. The van der Waals surface area contributed by atoms with Crippen LogP contribution >= 0.6 is 0 Å². The number of carbonyl (C=O) groups is 1. The fourth-order valence-electron chi connectivity index (χ4n) is 4.08. The number of aromatic amines is 1. The molecule has 1 saturated heterocycles. The van der Waals surface area contributed by atoms with Crippen LogP contribution in [-0.4, -0.2) is 57.7 Å². The second-order valence-electron chi connectivity index (χ2n) is 9.07. The molecule has 0 radical (unpaired) electrons. The van der Waals surface area contributed by atoms with Crippen LogP contribution in [0.4, 0.5) is 19.0 Å². The van der Waals surface area contributed by atoms with E-state index in [4.69, 9.17) is 0 Å². The van der Waals surface area contributed by atoms with E-state index < -0.39 is 11.7 Å². The zero-order valence-corrected chi connectivity index (χ0v) is 21.6. The summed E-state index contributed by atoms with van der Waals surface area (Å²) in [6.45, 7) is 7.27. The molecule has 0 unspecified atom stereocenters. The molecule has 39 heavy (non-hydrogen) atoms. The predicted octanol–water partition coefficient (Wildman–Crippen LogP) is 4.05. The van der Waals surface area contributed by atoms with Crippen molar-refractivity contribution in [1.29, 1.82) is 0 Å². The molecule has 8 nitrogen and oxygen atoms in total. The number of H-pyrrole nitrogens is 1. The number of piperazine rings is 1. The van der Waals surface area contributed by atoms with Gasteiger partial charge in [-0.1, -0.05) is 29.5 Å². The number of benzene rings is 1. The fraction of sp³-hybridized carbons (Fsp3) is 0.286. The number of hydrogen-bond donors (Lipinski definition) is 3. The Morgan fingerprint density at radius 3 is 2.56 bits per heavy atom. The first-order valence-corrected chi connectivity index (χ1v) is 12.3. The summed E-state index contributed by atoms with van der Waals surface area (Å²) in [5.74, 6) is 6.53. The number of halogens is 3. The van der Waals surface area contributed by atoms with E-state index in [0.29, 0.717) is 35.5 Å². The van der Waals surface area contributed by atoms with E-state index in [2.05, 4.69) is 47.5 Å². The Morgan fingerprint density at radius 2 is 1.82 bits per heavy atom. The van der Waals surface area contributed by atoms with Gasteiger partial charge in [0.15, 0.2) is 5.65 Å². The van der Waals surface area contributed by atoms with E-state index in [1.807, 2.05) is 13.0 Å². The van der Waals surface area contributed by atoms with Gasteiger partial charge in [0.05, 0.1) is 5.56 Å². The van der Waals surface area contributed by atoms with Gasteiger partial charge in [0, 0.05) is 67.3 Å². The Hall–Kier alpha value is -4.27. The first-order valence-electron chi connectivity index (χ1n) is 12.3. The van der Waals surface area contributed by atoms with E-state index in [1.54, 1.807) is 43.6 Å². The lowest BCUT2D eigenvalue weighted by molar-refractivity contribution is -0.138. The lowest BCUT2D eigenvalue weighted by atomic mass is 10.0. The summed E-state index contributed by atoms with van der Waals surface area (Å²) in [6, 6.07) is 10.00. The van der Waals surface area contributed by atoms with Crippen molar-refractivity contribution in [2.45, 2.75) is 26.6 Å². The van der Waals surface area contributed by atoms with Gasteiger partial charge in [0.1, 0.15) is 5.82 Å². The Kier molecular flexibility index (Phi) is 8.91. The molecule has 1 fully saturated rings. The highest BCUT2D eigenvalue weighted by atomic mass is 19.4. The van der Waals surface area contributed by atoms with Crippen molar-refractivity contribution in [3.8, 4) is 11.8 Å². The fourth-order valence-corrected chi connectivity index (χ4v) is 4.08. The molecule has 11 heteroatoms. The Balaban J connectivity index is 0.000000183. The standard InChI is InChI=1S/C15H11N5O.C13H17F3N2/c1-10-13-6-12(8-17-15(13)20-19-10)3-2-11-4-5-16-14(7-11)18-9-21;1-10-2-3-11(12(8-10)13(14,15)16)9-18-6-4-17-5-7-18/h4-9H,1H3,(H,16,18,21)(H,17,19,20);2-3,8,17H,4-7,9H2,1H3. The first kappa shape index (κ1) is 27.8. The highest BCUT2D eigenvalue weighted by molar-refractivity contribution is 5.78. The van der Waals surface area contributed by atoms with Gasteiger partial charge in [0.25, 0.3) is 0 Å². The summed E-state index contributed by atoms with van der Waals surface area (Å²) in [4.78, 5) is 20.7. The average molecular weight is 536 g/mol. The molecular formula is C28H28F3N7O. The van der Waals surface area contributed by atoms with Gasteiger partial charge in [-0.05, 0) is 43.7 Å². The van der Waals surface area contributed by atoms with Crippen LogP contribution < -0.4 is 10.6 Å². The number of aromatic nitrogens is 4. The molecule has 5 rings (SSSR count). The Morgan fingerprint density at radius 1 is 1.05 bits per heavy atom. The Bertz CT molecular complexity index is 1500. The second-order valence-corrected chi connectivity index (χ2v) is 9.07. The molecule has 0 saturated carbocycles. The van der Waals surface area contributed by atoms with Crippen molar-refractivity contribution in [3.63, 3.8) is 0 Å². The van der Waals surface area contributed by atoms with Gasteiger partial charge >= 0.3 is 6.18 Å². The number of rotatable bonds is 4. The smallest absolute Gasteiger partial charge is 0.314 e. The molecule has 1 aromatic carbocycles. The van der Waals surface area contributed by atoms with Gasteiger partial charge in [-0.2, -0.15) is 18.3 Å². The minimum Gasteiger partial charge on any atom is -0.314 e. The largest absolute Gasteiger partial charge is 0.416 e. The zero-order chi connectivity index (χ0) is 27.8. The molecule has 0 atom stereocenters. The monoisotopic (exact) mass is 535 g/mol. The summed E-state index contributed by atoms with van der Waals surface area (Å²) in [6.07, 6.45) is -0.409. The van der Waals surface area contributed by atoms with Gasteiger partial charge in [0.2, 0.25) is 6.41 Å². The molecule has 0 aliphatic carbocycles. The second kappa shape index (κ2) is 12.5. The SMILES string of the molecule is Cc1[nH]nc2ncc(C#Cc3ccnc(NC=O)c3)cc12.Cc1ccc(CN2CCNCC2)c(C(F)(F)F)c1. The molecular weight excluding hydrogens is 507 g/mol. The van der Waals surface area contributed by atoms with E-state index in [0.717, 1.165) is 48.4 Å². The predicted molar refractivity (Wildman–Crippen MR) is 143 cm³/mol. The maximum Gasteiger partial charge on any atom is 0.416 e.